The van der Waals surface area contributed by atoms with E-state index in [-0.39, 0.29) is 4.90 Å². The third-order valence-electron chi connectivity index (χ3n) is 6.19. The summed E-state index contributed by atoms with van der Waals surface area (Å²) < 4.78 is 40.0. The zero-order valence-corrected chi connectivity index (χ0v) is 24.1. The molecule has 0 aliphatic carbocycles. The average Bonchev–Trinajstić information content (AvgIpc) is 2.97. The molecule has 0 fully saturated rings. The molecule has 0 radical (unpaired) electrons. The summed E-state index contributed by atoms with van der Waals surface area (Å²) in [5, 5.41) is 4.06. The van der Waals surface area contributed by atoms with Gasteiger partial charge in [0.2, 0.25) is 0 Å². The minimum absolute atomic E-state index is 0.0979. The number of nitrogens with one attached hydrogen (secondary N) is 1. The summed E-state index contributed by atoms with van der Waals surface area (Å²) >= 11 is 0. The number of benzene rings is 4. The van der Waals surface area contributed by atoms with E-state index in [1.165, 1.54) is 18.3 Å². The van der Waals surface area contributed by atoms with Gasteiger partial charge in [-0.25, -0.2) is 13.8 Å². The highest BCUT2D eigenvalue weighted by molar-refractivity contribution is 7.92. The van der Waals surface area contributed by atoms with Crippen LogP contribution in [0.15, 0.2) is 107 Å². The van der Waals surface area contributed by atoms with Crippen molar-refractivity contribution >= 4 is 27.8 Å². The SMILES string of the molecule is CCOc1cc(/C=N\NC(=O)CN(c2ccccc2C)S(=O)(=O)c2ccc(C)cc2)ccc1OCc1ccccc1. The number of carbonyl (C=O) groups is 1. The lowest BCUT2D eigenvalue weighted by molar-refractivity contribution is -0.119. The normalized spacial score (nSPS) is 11.3. The zero-order chi connectivity index (χ0) is 29.2. The molecule has 0 spiro atoms. The number of hydrogen-bond donors (Lipinski definition) is 1. The van der Waals surface area contributed by atoms with E-state index in [2.05, 4.69) is 10.5 Å². The Hall–Kier alpha value is -4.63. The molecule has 8 nitrogen and oxygen atoms in total. The first-order valence-electron chi connectivity index (χ1n) is 13.2. The van der Waals surface area contributed by atoms with Crippen LogP contribution in [0.4, 0.5) is 5.69 Å². The summed E-state index contributed by atoms with van der Waals surface area (Å²) in [4.78, 5) is 13.0. The predicted octanol–water partition coefficient (Wildman–Crippen LogP) is 5.63. The van der Waals surface area contributed by atoms with Gasteiger partial charge in [0.05, 0.1) is 23.4 Å². The smallest absolute Gasteiger partial charge is 0.264 e. The Morgan fingerprint density at radius 3 is 2.29 bits per heavy atom. The first-order valence-corrected chi connectivity index (χ1v) is 14.6. The molecule has 0 aliphatic rings. The van der Waals surface area contributed by atoms with Crippen LogP contribution < -0.4 is 19.2 Å². The minimum Gasteiger partial charge on any atom is -0.490 e. The fourth-order valence-corrected chi connectivity index (χ4v) is 5.54. The number of carbonyl (C=O) groups excluding carboxylic acids is 1. The molecular formula is C32H33N3O5S. The van der Waals surface area contributed by atoms with E-state index >= 15 is 0 Å². The second kappa shape index (κ2) is 13.6. The van der Waals surface area contributed by atoms with Crippen molar-refractivity contribution in [2.24, 2.45) is 5.10 Å². The number of ether oxygens (including phenoxy) is 2. The van der Waals surface area contributed by atoms with Crippen molar-refractivity contribution in [1.29, 1.82) is 0 Å². The van der Waals surface area contributed by atoms with Gasteiger partial charge in [-0.2, -0.15) is 5.10 Å². The largest absolute Gasteiger partial charge is 0.490 e. The van der Waals surface area contributed by atoms with Crippen molar-refractivity contribution in [3.63, 3.8) is 0 Å². The van der Waals surface area contributed by atoms with Gasteiger partial charge in [-0.1, -0.05) is 66.2 Å². The Morgan fingerprint density at radius 2 is 1.59 bits per heavy atom. The van der Waals surface area contributed by atoms with Gasteiger partial charge in [-0.05, 0) is 73.9 Å². The molecule has 0 heterocycles. The molecule has 0 aromatic heterocycles. The van der Waals surface area contributed by atoms with Crippen molar-refractivity contribution < 1.29 is 22.7 Å². The predicted molar refractivity (Wildman–Crippen MR) is 161 cm³/mol. The highest BCUT2D eigenvalue weighted by Gasteiger charge is 2.28. The summed E-state index contributed by atoms with van der Waals surface area (Å²) in [7, 11) is -4.02. The molecule has 1 amide bonds. The molecular weight excluding hydrogens is 538 g/mol. The average molecular weight is 572 g/mol. The van der Waals surface area contributed by atoms with Gasteiger partial charge < -0.3 is 9.47 Å². The van der Waals surface area contributed by atoms with E-state index in [0.717, 1.165) is 21.0 Å². The topological polar surface area (TPSA) is 97.3 Å². The number of hydrazone groups is 1. The summed E-state index contributed by atoms with van der Waals surface area (Å²) in [5.74, 6) is 0.550. The highest BCUT2D eigenvalue weighted by atomic mass is 32.2. The Balaban J connectivity index is 1.48. The van der Waals surface area contributed by atoms with E-state index in [4.69, 9.17) is 9.47 Å². The Bertz CT molecular complexity index is 1600. The molecule has 4 aromatic carbocycles. The summed E-state index contributed by atoms with van der Waals surface area (Å²) in [6, 6.07) is 28.7. The number of rotatable bonds is 12. The van der Waals surface area contributed by atoms with Crippen molar-refractivity contribution in [2.75, 3.05) is 17.5 Å². The maximum Gasteiger partial charge on any atom is 0.264 e. The standard InChI is InChI=1S/C32H33N3O5S/c1-4-39-31-20-27(16-19-30(31)40-23-26-11-6-5-7-12-26)21-33-34-32(36)22-35(29-13-9-8-10-25(29)3)41(37,38)28-17-14-24(2)15-18-28/h5-21H,4,22-23H2,1-3H3,(H,34,36)/b33-21-. The van der Waals surface area contributed by atoms with Crippen molar-refractivity contribution in [1.82, 2.24) is 5.43 Å². The van der Waals surface area contributed by atoms with Gasteiger partial charge >= 0.3 is 0 Å². The molecule has 0 unspecified atom stereocenters. The number of hydrogen-bond acceptors (Lipinski definition) is 6. The zero-order valence-electron chi connectivity index (χ0n) is 23.3. The number of anilines is 1. The quantitative estimate of drug-likeness (QED) is 0.176. The molecule has 212 valence electrons. The van der Waals surface area contributed by atoms with Crippen LogP contribution in [0, 0.1) is 13.8 Å². The molecule has 1 N–H and O–H groups in total. The Labute approximate surface area is 241 Å². The monoisotopic (exact) mass is 571 g/mol. The number of sulfonamides is 1. The van der Waals surface area contributed by atoms with Gasteiger partial charge in [0, 0.05) is 0 Å². The first kappa shape index (κ1) is 29.4. The summed E-state index contributed by atoms with van der Waals surface area (Å²) in [6.07, 6.45) is 1.47. The van der Waals surface area contributed by atoms with Gasteiger partial charge in [-0.15, -0.1) is 0 Å². The Kier molecular flexibility index (Phi) is 9.76. The number of aryl methyl sites for hydroxylation is 2. The van der Waals surface area contributed by atoms with Crippen LogP contribution >= 0.6 is 0 Å². The van der Waals surface area contributed by atoms with Crippen LogP contribution in [0.2, 0.25) is 0 Å². The number of para-hydroxylation sites is 1. The molecule has 9 heteroatoms. The number of nitrogens with zero attached hydrogens (tertiary/aromatic N) is 2. The van der Waals surface area contributed by atoms with Crippen LogP contribution in [-0.4, -0.2) is 33.7 Å². The fourth-order valence-electron chi connectivity index (χ4n) is 4.05. The van der Waals surface area contributed by atoms with Gasteiger partial charge in [0.25, 0.3) is 15.9 Å². The van der Waals surface area contributed by atoms with Crippen molar-refractivity contribution in [3.8, 4) is 11.5 Å². The third-order valence-corrected chi connectivity index (χ3v) is 7.96. The molecule has 4 aromatic rings. The summed E-state index contributed by atoms with van der Waals surface area (Å²) in [6.45, 7) is 5.95. The van der Waals surface area contributed by atoms with E-state index in [1.807, 2.05) is 50.2 Å². The second-order valence-corrected chi connectivity index (χ2v) is 11.2. The molecule has 4 rings (SSSR count). The second-order valence-electron chi connectivity index (χ2n) is 9.32. The Morgan fingerprint density at radius 1 is 0.878 bits per heavy atom. The van der Waals surface area contributed by atoms with E-state index < -0.39 is 22.5 Å². The van der Waals surface area contributed by atoms with E-state index in [9.17, 15) is 13.2 Å². The van der Waals surface area contributed by atoms with Crippen LogP contribution in [0.25, 0.3) is 0 Å². The van der Waals surface area contributed by atoms with Crippen LogP contribution in [0.3, 0.4) is 0 Å². The number of amides is 1. The molecule has 41 heavy (non-hydrogen) atoms. The summed E-state index contributed by atoms with van der Waals surface area (Å²) in [5.41, 5.74) is 6.22. The fraction of sp³-hybridized carbons (Fsp3) is 0.188. The van der Waals surface area contributed by atoms with E-state index in [0.29, 0.717) is 36.0 Å². The third kappa shape index (κ3) is 7.73. The van der Waals surface area contributed by atoms with Crippen molar-refractivity contribution in [3.05, 3.63) is 119 Å². The van der Waals surface area contributed by atoms with Gasteiger partial charge in [-0.3, -0.25) is 9.10 Å². The minimum atomic E-state index is -4.02. The van der Waals surface area contributed by atoms with Crippen LogP contribution in [0.1, 0.15) is 29.2 Å². The van der Waals surface area contributed by atoms with E-state index in [1.54, 1.807) is 55.5 Å². The maximum absolute atomic E-state index is 13.6. The van der Waals surface area contributed by atoms with Crippen LogP contribution in [0.5, 0.6) is 11.5 Å². The molecule has 0 aliphatic heterocycles. The molecule has 0 bridgehead atoms. The molecule has 0 atom stereocenters. The lowest BCUT2D eigenvalue weighted by atomic mass is 10.2. The lowest BCUT2D eigenvalue weighted by Gasteiger charge is -2.25. The molecule has 0 saturated heterocycles. The highest BCUT2D eigenvalue weighted by Crippen LogP contribution is 2.29. The first-order chi connectivity index (χ1) is 19.8. The molecule has 0 saturated carbocycles. The maximum atomic E-state index is 13.6. The van der Waals surface area contributed by atoms with Crippen molar-refractivity contribution in [2.45, 2.75) is 32.3 Å². The van der Waals surface area contributed by atoms with Gasteiger partial charge in [0.15, 0.2) is 11.5 Å². The van der Waals surface area contributed by atoms with Crippen LogP contribution in [-0.2, 0) is 21.4 Å². The lowest BCUT2D eigenvalue weighted by Crippen LogP contribution is -2.40. The van der Waals surface area contributed by atoms with Gasteiger partial charge in [0.1, 0.15) is 13.2 Å².